The highest BCUT2D eigenvalue weighted by atomic mass is 79.9. The van der Waals surface area contributed by atoms with Crippen LogP contribution in [0.15, 0.2) is 82.2 Å². The van der Waals surface area contributed by atoms with Gasteiger partial charge in [0.15, 0.2) is 0 Å². The van der Waals surface area contributed by atoms with Crippen molar-refractivity contribution in [1.82, 2.24) is 10.2 Å². The summed E-state index contributed by atoms with van der Waals surface area (Å²) in [6.07, 6.45) is 0. The highest BCUT2D eigenvalue weighted by Crippen LogP contribution is 2.31. The third kappa shape index (κ3) is 6.59. The van der Waals surface area contributed by atoms with Crippen LogP contribution in [0.3, 0.4) is 0 Å². The molecule has 0 aliphatic heterocycles. The van der Waals surface area contributed by atoms with Crippen molar-refractivity contribution in [3.05, 3.63) is 92.9 Å². The third-order valence-electron chi connectivity index (χ3n) is 5.46. The molecule has 0 aromatic heterocycles. The van der Waals surface area contributed by atoms with Crippen LogP contribution in [-0.4, -0.2) is 44.8 Å². The summed E-state index contributed by atoms with van der Waals surface area (Å²) >= 11 is 15.6. The van der Waals surface area contributed by atoms with Gasteiger partial charge in [0, 0.05) is 18.1 Å². The van der Waals surface area contributed by atoms with Crippen LogP contribution in [-0.2, 0) is 26.2 Å². The van der Waals surface area contributed by atoms with Crippen LogP contribution in [0.25, 0.3) is 0 Å². The lowest BCUT2D eigenvalue weighted by atomic mass is 10.1. The van der Waals surface area contributed by atoms with Crippen molar-refractivity contribution in [2.24, 2.45) is 0 Å². The van der Waals surface area contributed by atoms with E-state index in [1.807, 2.05) is 24.3 Å². The Balaban J connectivity index is 2.05. The van der Waals surface area contributed by atoms with Gasteiger partial charge in [-0.3, -0.25) is 13.9 Å². The molecular weight excluding hydrogens is 589 g/mol. The van der Waals surface area contributed by atoms with Gasteiger partial charge >= 0.3 is 0 Å². The number of hydrogen-bond donors (Lipinski definition) is 1. The minimum atomic E-state index is -4.17. The molecule has 0 radical (unpaired) electrons. The number of carbonyl (C=O) groups excluding carboxylic acids is 2. The zero-order valence-electron chi connectivity index (χ0n) is 19.5. The smallest absolute Gasteiger partial charge is 0.264 e. The largest absolute Gasteiger partial charge is 0.357 e. The highest BCUT2D eigenvalue weighted by Gasteiger charge is 2.32. The molecule has 0 spiro atoms. The van der Waals surface area contributed by atoms with Gasteiger partial charge in [-0.2, -0.15) is 0 Å². The van der Waals surface area contributed by atoms with Gasteiger partial charge in [-0.25, -0.2) is 8.42 Å². The Morgan fingerprint density at radius 1 is 0.972 bits per heavy atom. The first-order valence-electron chi connectivity index (χ1n) is 10.8. The van der Waals surface area contributed by atoms with Gasteiger partial charge in [0.05, 0.1) is 20.6 Å². The van der Waals surface area contributed by atoms with Gasteiger partial charge in [-0.15, -0.1) is 0 Å². The van der Waals surface area contributed by atoms with Crippen molar-refractivity contribution in [2.75, 3.05) is 17.9 Å². The zero-order valence-corrected chi connectivity index (χ0v) is 23.4. The molecule has 3 aromatic rings. The summed E-state index contributed by atoms with van der Waals surface area (Å²) < 4.78 is 29.1. The number of anilines is 1. The van der Waals surface area contributed by atoms with E-state index in [1.54, 1.807) is 25.1 Å². The van der Waals surface area contributed by atoms with Crippen molar-refractivity contribution in [1.29, 1.82) is 0 Å². The average molecular weight is 613 g/mol. The molecule has 36 heavy (non-hydrogen) atoms. The Hall–Kier alpha value is -2.59. The molecule has 3 rings (SSSR count). The minimum Gasteiger partial charge on any atom is -0.357 e. The molecule has 0 bridgehead atoms. The first kappa shape index (κ1) is 28.0. The van der Waals surface area contributed by atoms with E-state index in [0.717, 1.165) is 14.3 Å². The van der Waals surface area contributed by atoms with Gasteiger partial charge < -0.3 is 10.2 Å². The van der Waals surface area contributed by atoms with Gasteiger partial charge in [0.25, 0.3) is 10.0 Å². The first-order chi connectivity index (χ1) is 17.0. The molecule has 7 nitrogen and oxygen atoms in total. The second-order valence-corrected chi connectivity index (χ2v) is 11.5. The summed E-state index contributed by atoms with van der Waals surface area (Å²) in [6.45, 7) is 1.11. The maximum Gasteiger partial charge on any atom is 0.264 e. The molecule has 190 valence electrons. The molecule has 0 saturated heterocycles. The van der Waals surface area contributed by atoms with E-state index in [4.69, 9.17) is 23.2 Å². The first-order valence-corrected chi connectivity index (χ1v) is 13.8. The summed E-state index contributed by atoms with van der Waals surface area (Å²) in [7, 11) is -2.69. The summed E-state index contributed by atoms with van der Waals surface area (Å²) in [5.41, 5.74) is 0.928. The molecule has 0 unspecified atom stereocenters. The number of amides is 2. The Labute approximate surface area is 229 Å². The van der Waals surface area contributed by atoms with Crippen molar-refractivity contribution >= 4 is 66.7 Å². The Kier molecular flexibility index (Phi) is 9.41. The molecule has 3 aromatic carbocycles. The molecular formula is C25H24BrCl2N3O4S. The Morgan fingerprint density at radius 2 is 1.67 bits per heavy atom. The molecule has 1 N–H and O–H groups in total. The van der Waals surface area contributed by atoms with E-state index in [-0.39, 0.29) is 33.1 Å². The molecule has 11 heteroatoms. The van der Waals surface area contributed by atoms with Crippen molar-refractivity contribution in [3.63, 3.8) is 0 Å². The summed E-state index contributed by atoms with van der Waals surface area (Å²) in [5.74, 6) is -0.956. The topological polar surface area (TPSA) is 86.8 Å². The van der Waals surface area contributed by atoms with E-state index in [2.05, 4.69) is 21.2 Å². The number of nitrogens with one attached hydrogen (secondary N) is 1. The van der Waals surface area contributed by atoms with Crippen LogP contribution in [0.2, 0.25) is 10.0 Å². The van der Waals surface area contributed by atoms with Crippen LogP contribution < -0.4 is 9.62 Å². The Morgan fingerprint density at radius 3 is 2.28 bits per heavy atom. The van der Waals surface area contributed by atoms with Crippen molar-refractivity contribution in [3.8, 4) is 0 Å². The van der Waals surface area contributed by atoms with Crippen LogP contribution in [0.4, 0.5) is 5.69 Å². The molecule has 0 fully saturated rings. The minimum absolute atomic E-state index is 0.00163. The number of rotatable bonds is 9. The number of carbonyl (C=O) groups is 2. The van der Waals surface area contributed by atoms with Crippen LogP contribution in [0, 0.1) is 0 Å². The van der Waals surface area contributed by atoms with E-state index >= 15 is 0 Å². The Bertz CT molecular complexity index is 1360. The lowest BCUT2D eigenvalue weighted by Crippen LogP contribution is -2.50. The fourth-order valence-corrected chi connectivity index (χ4v) is 5.68. The van der Waals surface area contributed by atoms with Crippen LogP contribution in [0.5, 0.6) is 0 Å². The summed E-state index contributed by atoms with van der Waals surface area (Å²) in [4.78, 5) is 27.5. The SMILES string of the molecule is CNC(=O)[C@H](C)N(Cc1cccc(Br)c1)C(=O)CN(c1ccc(Cl)c(Cl)c1)S(=O)(=O)c1ccccc1. The maximum absolute atomic E-state index is 13.7. The fraction of sp³-hybridized carbons (Fsp3) is 0.200. The van der Waals surface area contributed by atoms with E-state index in [1.165, 1.54) is 42.3 Å². The maximum atomic E-state index is 13.7. The standard InChI is InChI=1S/C25H24BrCl2N3O4S/c1-17(25(33)29-2)30(15-18-7-6-8-19(26)13-18)24(32)16-31(20-11-12-22(27)23(28)14-20)36(34,35)21-9-4-3-5-10-21/h3-14,17H,15-16H2,1-2H3,(H,29,33)/t17-/m0/s1. The van der Waals surface area contributed by atoms with Gasteiger partial charge in [0.2, 0.25) is 11.8 Å². The van der Waals surface area contributed by atoms with E-state index in [0.29, 0.717) is 0 Å². The quantitative estimate of drug-likeness (QED) is 0.364. The third-order valence-corrected chi connectivity index (χ3v) is 8.48. The fourth-order valence-electron chi connectivity index (χ4n) is 3.51. The van der Waals surface area contributed by atoms with Crippen LogP contribution in [0.1, 0.15) is 12.5 Å². The van der Waals surface area contributed by atoms with Crippen molar-refractivity contribution in [2.45, 2.75) is 24.4 Å². The lowest BCUT2D eigenvalue weighted by molar-refractivity contribution is -0.139. The molecule has 0 heterocycles. The normalized spacial score (nSPS) is 12.0. The van der Waals surface area contributed by atoms with Gasteiger partial charge in [-0.1, -0.05) is 69.5 Å². The molecule has 0 aliphatic carbocycles. The number of nitrogens with zero attached hydrogens (tertiary/aromatic N) is 2. The number of hydrogen-bond acceptors (Lipinski definition) is 4. The number of halogens is 3. The van der Waals surface area contributed by atoms with Crippen molar-refractivity contribution < 1.29 is 18.0 Å². The zero-order chi connectivity index (χ0) is 26.5. The average Bonchev–Trinajstić information content (AvgIpc) is 2.87. The predicted octanol–water partition coefficient (Wildman–Crippen LogP) is 5.11. The van der Waals surface area contributed by atoms with Crippen LogP contribution >= 0.6 is 39.1 Å². The van der Waals surface area contributed by atoms with Gasteiger partial charge in [-0.05, 0) is 55.0 Å². The second kappa shape index (κ2) is 12.1. The molecule has 0 saturated carbocycles. The van der Waals surface area contributed by atoms with Gasteiger partial charge in [0.1, 0.15) is 12.6 Å². The number of sulfonamides is 1. The molecule has 2 amide bonds. The van der Waals surface area contributed by atoms with E-state index in [9.17, 15) is 18.0 Å². The number of benzene rings is 3. The lowest BCUT2D eigenvalue weighted by Gasteiger charge is -2.32. The summed E-state index contributed by atoms with van der Waals surface area (Å²) in [5, 5.41) is 2.93. The molecule has 0 aliphatic rings. The summed E-state index contributed by atoms with van der Waals surface area (Å²) in [6, 6.07) is 18.5. The highest BCUT2D eigenvalue weighted by molar-refractivity contribution is 9.10. The van der Waals surface area contributed by atoms with E-state index < -0.39 is 28.5 Å². The predicted molar refractivity (Wildman–Crippen MR) is 146 cm³/mol. The molecule has 1 atom stereocenters. The second-order valence-electron chi connectivity index (χ2n) is 7.86. The number of likely N-dealkylation sites (N-methyl/N-ethyl adjacent to an activating group) is 1. The monoisotopic (exact) mass is 611 g/mol.